The molecule has 1 aromatic heterocycles. The molecular formula is C19H30N4O2S. The normalized spacial score (nSPS) is 21.4. The van der Waals surface area contributed by atoms with Crippen LogP contribution in [0.4, 0.5) is 9.93 Å². The minimum atomic E-state index is -0.189. The van der Waals surface area contributed by atoms with Crippen molar-refractivity contribution in [1.82, 2.24) is 15.2 Å². The number of amides is 3. The predicted octanol–water partition coefficient (Wildman–Crippen LogP) is 3.93. The molecule has 3 rings (SSSR count). The van der Waals surface area contributed by atoms with Crippen molar-refractivity contribution in [2.45, 2.75) is 83.2 Å². The number of urea groups is 1. The zero-order chi connectivity index (χ0) is 18.4. The van der Waals surface area contributed by atoms with E-state index in [1.54, 1.807) is 0 Å². The highest BCUT2D eigenvalue weighted by molar-refractivity contribution is 7.13. The number of nitrogens with one attached hydrogen (secondary N) is 2. The molecule has 2 N–H and O–H groups in total. The lowest BCUT2D eigenvalue weighted by atomic mass is 9.96. The van der Waals surface area contributed by atoms with E-state index in [2.05, 4.69) is 22.5 Å². The van der Waals surface area contributed by atoms with Crippen molar-refractivity contribution in [2.75, 3.05) is 11.9 Å². The van der Waals surface area contributed by atoms with Crippen molar-refractivity contribution in [2.24, 2.45) is 0 Å². The Morgan fingerprint density at radius 2 is 1.96 bits per heavy atom. The van der Waals surface area contributed by atoms with E-state index in [-0.39, 0.29) is 18.0 Å². The van der Waals surface area contributed by atoms with E-state index in [4.69, 9.17) is 0 Å². The fraction of sp³-hybridized carbons (Fsp3) is 0.737. The molecule has 1 aliphatic heterocycles. The van der Waals surface area contributed by atoms with E-state index in [0.29, 0.717) is 17.6 Å². The van der Waals surface area contributed by atoms with Gasteiger partial charge in [0.1, 0.15) is 0 Å². The third-order valence-electron chi connectivity index (χ3n) is 5.46. The third-order valence-corrected chi connectivity index (χ3v) is 6.27. The molecule has 1 atom stereocenters. The SMILES string of the molecule is CCC1CCCCN1C(=O)Cc1csc(NC(=O)NC2CCCCC2)n1. The minimum Gasteiger partial charge on any atom is -0.339 e. The van der Waals surface area contributed by atoms with Gasteiger partial charge in [0.2, 0.25) is 5.91 Å². The molecule has 2 fully saturated rings. The average Bonchev–Trinajstić information content (AvgIpc) is 3.09. The second-order valence-electron chi connectivity index (χ2n) is 7.40. The van der Waals surface area contributed by atoms with Gasteiger partial charge < -0.3 is 10.2 Å². The van der Waals surface area contributed by atoms with E-state index >= 15 is 0 Å². The molecule has 0 radical (unpaired) electrons. The van der Waals surface area contributed by atoms with Crippen LogP contribution in [0.2, 0.25) is 0 Å². The number of piperidine rings is 1. The average molecular weight is 379 g/mol. The smallest absolute Gasteiger partial charge is 0.321 e. The maximum absolute atomic E-state index is 12.6. The number of rotatable bonds is 5. The summed E-state index contributed by atoms with van der Waals surface area (Å²) in [6.07, 6.45) is 10.5. The number of nitrogens with zero attached hydrogens (tertiary/aromatic N) is 2. The molecule has 6 nitrogen and oxygen atoms in total. The first kappa shape index (κ1) is 19.1. The Morgan fingerprint density at radius 1 is 1.19 bits per heavy atom. The zero-order valence-corrected chi connectivity index (χ0v) is 16.4. The lowest BCUT2D eigenvalue weighted by Crippen LogP contribution is -2.44. The number of thiazole rings is 1. The Labute approximate surface area is 159 Å². The largest absolute Gasteiger partial charge is 0.339 e. The van der Waals surface area contributed by atoms with Gasteiger partial charge in [-0.1, -0.05) is 26.2 Å². The molecule has 0 spiro atoms. The fourth-order valence-corrected chi connectivity index (χ4v) is 4.73. The highest BCUT2D eigenvalue weighted by atomic mass is 32.1. The van der Waals surface area contributed by atoms with Gasteiger partial charge in [-0.05, 0) is 38.5 Å². The van der Waals surface area contributed by atoms with Crippen LogP contribution in [0.25, 0.3) is 0 Å². The molecule has 1 aromatic rings. The monoisotopic (exact) mass is 378 g/mol. The summed E-state index contributed by atoms with van der Waals surface area (Å²) in [7, 11) is 0. The van der Waals surface area contributed by atoms with Crippen LogP contribution in [-0.2, 0) is 11.2 Å². The Morgan fingerprint density at radius 3 is 2.73 bits per heavy atom. The second-order valence-corrected chi connectivity index (χ2v) is 8.26. The van der Waals surface area contributed by atoms with Gasteiger partial charge in [-0.3, -0.25) is 10.1 Å². The third kappa shape index (κ3) is 5.19. The Bertz CT molecular complexity index is 612. The van der Waals surface area contributed by atoms with Gasteiger partial charge in [-0.25, -0.2) is 9.78 Å². The molecule has 1 saturated carbocycles. The van der Waals surface area contributed by atoms with Crippen LogP contribution >= 0.6 is 11.3 Å². The molecule has 7 heteroatoms. The van der Waals surface area contributed by atoms with Gasteiger partial charge in [0, 0.05) is 24.0 Å². The molecule has 26 heavy (non-hydrogen) atoms. The van der Waals surface area contributed by atoms with E-state index in [1.165, 1.54) is 37.0 Å². The molecule has 144 valence electrons. The summed E-state index contributed by atoms with van der Waals surface area (Å²) < 4.78 is 0. The van der Waals surface area contributed by atoms with Crippen LogP contribution in [0.1, 0.15) is 70.4 Å². The maximum atomic E-state index is 12.6. The van der Waals surface area contributed by atoms with Gasteiger partial charge >= 0.3 is 6.03 Å². The van der Waals surface area contributed by atoms with Crippen molar-refractivity contribution in [1.29, 1.82) is 0 Å². The first-order valence-corrected chi connectivity index (χ1v) is 10.8. The fourth-order valence-electron chi connectivity index (χ4n) is 4.02. The summed E-state index contributed by atoms with van der Waals surface area (Å²) >= 11 is 1.38. The quantitative estimate of drug-likeness (QED) is 0.815. The van der Waals surface area contributed by atoms with Gasteiger partial charge in [0.25, 0.3) is 0 Å². The van der Waals surface area contributed by atoms with Crippen LogP contribution < -0.4 is 10.6 Å². The van der Waals surface area contributed by atoms with E-state index in [1.807, 2.05) is 10.3 Å². The maximum Gasteiger partial charge on any atom is 0.321 e. The predicted molar refractivity (Wildman–Crippen MR) is 104 cm³/mol. The van der Waals surface area contributed by atoms with Crippen molar-refractivity contribution in [3.63, 3.8) is 0 Å². The summed E-state index contributed by atoms with van der Waals surface area (Å²) in [6, 6.07) is 0.454. The van der Waals surface area contributed by atoms with Crippen LogP contribution in [0.3, 0.4) is 0 Å². The summed E-state index contributed by atoms with van der Waals surface area (Å²) in [5.74, 6) is 0.153. The summed E-state index contributed by atoms with van der Waals surface area (Å²) in [5, 5.41) is 8.27. The lowest BCUT2D eigenvalue weighted by molar-refractivity contribution is -0.134. The zero-order valence-electron chi connectivity index (χ0n) is 15.6. The molecule has 2 heterocycles. The summed E-state index contributed by atoms with van der Waals surface area (Å²) in [6.45, 7) is 3.00. The number of carbonyl (C=O) groups excluding carboxylic acids is 2. The number of anilines is 1. The van der Waals surface area contributed by atoms with Crippen LogP contribution in [0, 0.1) is 0 Å². The van der Waals surface area contributed by atoms with E-state index in [0.717, 1.165) is 44.3 Å². The molecule has 2 aliphatic rings. The molecule has 1 saturated heterocycles. The van der Waals surface area contributed by atoms with Crippen LogP contribution in [0.5, 0.6) is 0 Å². The number of likely N-dealkylation sites (tertiary alicyclic amines) is 1. The van der Waals surface area contributed by atoms with Gasteiger partial charge in [-0.15, -0.1) is 11.3 Å². The lowest BCUT2D eigenvalue weighted by Gasteiger charge is -2.35. The molecule has 0 aromatic carbocycles. The summed E-state index contributed by atoms with van der Waals surface area (Å²) in [5.41, 5.74) is 0.744. The number of carbonyl (C=O) groups is 2. The van der Waals surface area contributed by atoms with Crippen LogP contribution in [-0.4, -0.2) is 40.5 Å². The number of aromatic nitrogens is 1. The number of hydrogen-bond donors (Lipinski definition) is 2. The first-order chi connectivity index (χ1) is 12.7. The molecule has 3 amide bonds. The van der Waals surface area contributed by atoms with E-state index < -0.39 is 0 Å². The Hall–Kier alpha value is -1.63. The number of hydrogen-bond acceptors (Lipinski definition) is 4. The highest BCUT2D eigenvalue weighted by Gasteiger charge is 2.25. The molecule has 1 aliphatic carbocycles. The van der Waals surface area contributed by atoms with Gasteiger partial charge in [0.05, 0.1) is 12.1 Å². The minimum absolute atomic E-state index is 0.153. The van der Waals surface area contributed by atoms with Crippen molar-refractivity contribution in [3.8, 4) is 0 Å². The van der Waals surface area contributed by atoms with Crippen molar-refractivity contribution < 1.29 is 9.59 Å². The van der Waals surface area contributed by atoms with Crippen molar-refractivity contribution >= 4 is 28.4 Å². The standard InChI is InChI=1S/C19H30N4O2S/c1-2-16-10-6-7-11-23(16)17(24)12-15-13-26-19(21-15)22-18(25)20-14-8-4-3-5-9-14/h13-14,16H,2-12H2,1H3,(H2,20,21,22,25). The Kier molecular flexibility index (Phi) is 6.88. The molecule has 0 bridgehead atoms. The second kappa shape index (κ2) is 9.35. The molecule has 1 unspecified atom stereocenters. The Balaban J connectivity index is 1.49. The topological polar surface area (TPSA) is 74.3 Å². The van der Waals surface area contributed by atoms with Gasteiger partial charge in [0.15, 0.2) is 5.13 Å². The van der Waals surface area contributed by atoms with Gasteiger partial charge in [-0.2, -0.15) is 0 Å². The van der Waals surface area contributed by atoms with Crippen molar-refractivity contribution in [3.05, 3.63) is 11.1 Å². The first-order valence-electron chi connectivity index (χ1n) is 9.97. The van der Waals surface area contributed by atoms with E-state index in [9.17, 15) is 9.59 Å². The highest BCUT2D eigenvalue weighted by Crippen LogP contribution is 2.22. The molecular weight excluding hydrogens is 348 g/mol. The summed E-state index contributed by atoms with van der Waals surface area (Å²) in [4.78, 5) is 31.2. The van der Waals surface area contributed by atoms with Crippen LogP contribution in [0.15, 0.2) is 5.38 Å².